The Balaban J connectivity index is 2.02. The summed E-state index contributed by atoms with van der Waals surface area (Å²) in [5, 5.41) is 2.77. The van der Waals surface area contributed by atoms with Crippen LogP contribution in [0.1, 0.15) is 47.1 Å². The Morgan fingerprint density at radius 3 is 2.15 bits per heavy atom. The lowest BCUT2D eigenvalue weighted by molar-refractivity contribution is -0.123. The quantitative estimate of drug-likeness (QED) is 0.741. The molecule has 0 heterocycles. The predicted molar refractivity (Wildman–Crippen MR) is 101 cm³/mol. The van der Waals surface area contributed by atoms with E-state index < -0.39 is 17.2 Å². The van der Waals surface area contributed by atoms with Crippen LogP contribution in [0.5, 0.6) is 0 Å². The lowest BCUT2D eigenvalue weighted by atomic mass is 9.95. The number of aryl methyl sites for hydroxylation is 1. The first kappa shape index (κ1) is 19.2. The zero-order valence-corrected chi connectivity index (χ0v) is 15.3. The first-order valence-electron chi connectivity index (χ1n) is 8.26. The first-order chi connectivity index (χ1) is 12.2. The maximum absolute atomic E-state index is 12.3. The Bertz CT molecular complexity index is 838. The maximum Gasteiger partial charge on any atom is 0.269 e. The maximum atomic E-state index is 12.3. The van der Waals surface area contributed by atoms with Crippen molar-refractivity contribution < 1.29 is 14.4 Å². The van der Waals surface area contributed by atoms with Gasteiger partial charge in [-0.25, -0.2) is 0 Å². The summed E-state index contributed by atoms with van der Waals surface area (Å²) in [6.45, 7) is 7.23. The minimum atomic E-state index is -0.542. The van der Waals surface area contributed by atoms with Crippen LogP contribution in [-0.4, -0.2) is 17.7 Å². The van der Waals surface area contributed by atoms with Gasteiger partial charge in [0.2, 0.25) is 5.91 Å². The monoisotopic (exact) mass is 353 g/mol. The molecule has 3 amide bonds. The molecule has 136 valence electrons. The molecule has 0 aliphatic heterocycles. The number of amides is 3. The summed E-state index contributed by atoms with van der Waals surface area (Å²) >= 11 is 0. The van der Waals surface area contributed by atoms with Crippen molar-refractivity contribution in [3.63, 3.8) is 0 Å². The molecule has 2 rings (SSSR count). The number of benzene rings is 2. The molecule has 0 radical (unpaired) electrons. The molecule has 6 nitrogen and oxygen atoms in total. The highest BCUT2D eigenvalue weighted by atomic mass is 16.2. The fraction of sp³-hybridized carbons (Fsp3) is 0.250. The lowest BCUT2D eigenvalue weighted by Crippen LogP contribution is -2.41. The first-order valence-corrected chi connectivity index (χ1v) is 8.26. The molecule has 26 heavy (non-hydrogen) atoms. The zero-order chi connectivity index (χ0) is 19.3. The van der Waals surface area contributed by atoms with Gasteiger partial charge in [-0.1, -0.05) is 45.0 Å². The normalized spacial score (nSPS) is 10.8. The molecule has 0 saturated heterocycles. The van der Waals surface area contributed by atoms with Gasteiger partial charge in [0.05, 0.1) is 0 Å². The zero-order valence-electron chi connectivity index (χ0n) is 15.3. The molecule has 0 aliphatic carbocycles. The van der Waals surface area contributed by atoms with E-state index in [0.717, 1.165) is 5.56 Å². The van der Waals surface area contributed by atoms with Crippen LogP contribution in [-0.2, 0) is 4.79 Å². The second-order valence-corrected chi connectivity index (χ2v) is 7.01. The van der Waals surface area contributed by atoms with Crippen LogP contribution in [0.2, 0.25) is 0 Å². The summed E-state index contributed by atoms with van der Waals surface area (Å²) in [6, 6.07) is 13.6. The van der Waals surface area contributed by atoms with E-state index in [0.29, 0.717) is 16.8 Å². The molecule has 0 aliphatic rings. The Morgan fingerprint density at radius 1 is 0.846 bits per heavy atom. The van der Waals surface area contributed by atoms with Crippen LogP contribution < -0.4 is 16.2 Å². The van der Waals surface area contributed by atoms with E-state index >= 15 is 0 Å². The minimum absolute atomic E-state index is 0.150. The van der Waals surface area contributed by atoms with Gasteiger partial charge in [0.25, 0.3) is 11.8 Å². The molecule has 3 N–H and O–H groups in total. The Kier molecular flexibility index (Phi) is 5.77. The van der Waals surface area contributed by atoms with Gasteiger partial charge in [-0.05, 0) is 36.8 Å². The fourth-order valence-corrected chi connectivity index (χ4v) is 2.14. The summed E-state index contributed by atoms with van der Waals surface area (Å²) in [7, 11) is 0. The lowest BCUT2D eigenvalue weighted by Gasteiger charge is -2.18. The second-order valence-electron chi connectivity index (χ2n) is 7.01. The Morgan fingerprint density at radius 2 is 1.50 bits per heavy atom. The minimum Gasteiger partial charge on any atom is -0.326 e. The molecule has 0 saturated carbocycles. The molecule has 0 aromatic heterocycles. The highest BCUT2D eigenvalue weighted by molar-refractivity contribution is 6.01. The van der Waals surface area contributed by atoms with Gasteiger partial charge in [-0.15, -0.1) is 0 Å². The topological polar surface area (TPSA) is 87.3 Å². The van der Waals surface area contributed by atoms with Crippen molar-refractivity contribution in [3.8, 4) is 0 Å². The van der Waals surface area contributed by atoms with Gasteiger partial charge in [-0.3, -0.25) is 25.2 Å². The van der Waals surface area contributed by atoms with E-state index in [2.05, 4.69) is 16.2 Å². The van der Waals surface area contributed by atoms with Crippen LogP contribution in [0.15, 0.2) is 48.5 Å². The van der Waals surface area contributed by atoms with Crippen molar-refractivity contribution in [1.82, 2.24) is 10.9 Å². The standard InChI is InChI=1S/C20H23N3O3/c1-13-8-5-6-11-16(13)18(25)23-22-17(24)14-9-7-10-15(12-14)21-19(26)20(2,3)4/h5-12H,1-4H3,(H,21,26)(H,22,24)(H,23,25). The smallest absolute Gasteiger partial charge is 0.269 e. The van der Waals surface area contributed by atoms with Crippen LogP contribution in [0, 0.1) is 12.3 Å². The summed E-state index contributed by atoms with van der Waals surface area (Å²) in [4.78, 5) is 36.5. The fourth-order valence-electron chi connectivity index (χ4n) is 2.14. The van der Waals surface area contributed by atoms with Crippen molar-refractivity contribution in [3.05, 3.63) is 65.2 Å². The molecular weight excluding hydrogens is 330 g/mol. The van der Waals surface area contributed by atoms with Crippen LogP contribution in [0.4, 0.5) is 5.69 Å². The number of rotatable bonds is 3. The van der Waals surface area contributed by atoms with Gasteiger partial charge in [0, 0.05) is 22.2 Å². The van der Waals surface area contributed by atoms with Crippen molar-refractivity contribution >= 4 is 23.4 Å². The van der Waals surface area contributed by atoms with Crippen molar-refractivity contribution in [1.29, 1.82) is 0 Å². The third-order valence-electron chi connectivity index (χ3n) is 3.74. The molecule has 0 unspecified atom stereocenters. The van der Waals surface area contributed by atoms with Crippen molar-refractivity contribution in [2.45, 2.75) is 27.7 Å². The summed E-state index contributed by atoms with van der Waals surface area (Å²) in [6.07, 6.45) is 0. The average molecular weight is 353 g/mol. The molecular formula is C20H23N3O3. The molecule has 0 spiro atoms. The van der Waals surface area contributed by atoms with E-state index in [1.54, 1.807) is 57.2 Å². The largest absolute Gasteiger partial charge is 0.326 e. The number of nitrogens with one attached hydrogen (secondary N) is 3. The van der Waals surface area contributed by atoms with Gasteiger partial charge >= 0.3 is 0 Å². The highest BCUT2D eigenvalue weighted by Crippen LogP contribution is 2.18. The van der Waals surface area contributed by atoms with Crippen LogP contribution in [0.3, 0.4) is 0 Å². The van der Waals surface area contributed by atoms with Crippen molar-refractivity contribution in [2.75, 3.05) is 5.32 Å². The molecule has 2 aromatic rings. The number of carbonyl (C=O) groups is 3. The highest BCUT2D eigenvalue weighted by Gasteiger charge is 2.21. The summed E-state index contributed by atoms with van der Waals surface area (Å²) in [5.41, 5.74) is 6.37. The molecule has 0 bridgehead atoms. The van der Waals surface area contributed by atoms with Gasteiger partial charge in [0.15, 0.2) is 0 Å². The number of anilines is 1. The molecule has 0 atom stereocenters. The molecule has 2 aromatic carbocycles. The predicted octanol–water partition coefficient (Wildman–Crippen LogP) is 3.05. The third kappa shape index (κ3) is 4.92. The van der Waals surface area contributed by atoms with E-state index in [-0.39, 0.29) is 5.91 Å². The summed E-state index contributed by atoms with van der Waals surface area (Å²) < 4.78 is 0. The summed E-state index contributed by atoms with van der Waals surface area (Å²) in [5.74, 6) is -1.02. The Labute approximate surface area is 153 Å². The van der Waals surface area contributed by atoms with Crippen molar-refractivity contribution in [2.24, 2.45) is 5.41 Å². The second kappa shape index (κ2) is 7.82. The van der Waals surface area contributed by atoms with E-state index in [1.165, 1.54) is 0 Å². The van der Waals surface area contributed by atoms with E-state index in [1.807, 2.05) is 19.1 Å². The number of hydrogen-bond acceptors (Lipinski definition) is 3. The Hall–Kier alpha value is -3.15. The van der Waals surface area contributed by atoms with Crippen LogP contribution in [0.25, 0.3) is 0 Å². The third-order valence-corrected chi connectivity index (χ3v) is 3.74. The molecule has 6 heteroatoms. The molecule has 0 fully saturated rings. The van der Waals surface area contributed by atoms with E-state index in [4.69, 9.17) is 0 Å². The SMILES string of the molecule is Cc1ccccc1C(=O)NNC(=O)c1cccc(NC(=O)C(C)(C)C)c1. The number of carbonyl (C=O) groups excluding carboxylic acids is 3. The average Bonchev–Trinajstić information content (AvgIpc) is 2.59. The van der Waals surface area contributed by atoms with Gasteiger partial charge in [-0.2, -0.15) is 0 Å². The van der Waals surface area contributed by atoms with Gasteiger partial charge in [0.1, 0.15) is 0 Å². The van der Waals surface area contributed by atoms with Crippen LogP contribution >= 0.6 is 0 Å². The van der Waals surface area contributed by atoms with Gasteiger partial charge < -0.3 is 5.32 Å². The number of hydrazine groups is 1. The van der Waals surface area contributed by atoms with E-state index in [9.17, 15) is 14.4 Å². The number of hydrogen-bond donors (Lipinski definition) is 3.